The Balaban J connectivity index is 2.02. The zero-order valence-corrected chi connectivity index (χ0v) is 14.9. The molecule has 0 N–H and O–H groups in total. The monoisotopic (exact) mass is 336 g/mol. The number of fused-ring (bicyclic) bond motifs is 1. The second-order valence-corrected chi connectivity index (χ2v) is 6.79. The first-order valence-corrected chi connectivity index (χ1v) is 8.47. The Hall–Kier alpha value is -1.96. The summed E-state index contributed by atoms with van der Waals surface area (Å²) in [6, 6.07) is -0.880. The predicted octanol–water partition coefficient (Wildman–Crippen LogP) is 0.0377. The summed E-state index contributed by atoms with van der Waals surface area (Å²) in [6.07, 6.45) is 2.32. The van der Waals surface area contributed by atoms with Gasteiger partial charge in [-0.05, 0) is 18.8 Å². The van der Waals surface area contributed by atoms with E-state index in [4.69, 9.17) is 9.73 Å². The van der Waals surface area contributed by atoms with Crippen LogP contribution in [-0.4, -0.2) is 96.5 Å². The molecule has 3 aliphatic rings. The van der Waals surface area contributed by atoms with Crippen molar-refractivity contribution in [2.45, 2.75) is 25.8 Å². The number of amidine groups is 1. The van der Waals surface area contributed by atoms with Gasteiger partial charge in [-0.3, -0.25) is 19.2 Å². The van der Waals surface area contributed by atoms with Crippen LogP contribution >= 0.6 is 0 Å². The Labute approximate surface area is 142 Å². The zero-order valence-electron chi connectivity index (χ0n) is 14.9. The molecule has 0 radical (unpaired) electrons. The van der Waals surface area contributed by atoms with E-state index in [1.807, 2.05) is 4.90 Å². The molecule has 0 bridgehead atoms. The first-order chi connectivity index (χ1) is 11.5. The van der Waals surface area contributed by atoms with E-state index < -0.39 is 6.04 Å². The largest absolute Gasteiger partial charge is 0.392 e. The standard InChI is InChI=1S/C16H26N5O3/c1-11-6-5-7-20(10-11)15-17-13-12(21(15)8-9-24-4)14(22)19(3)16(23)18(13)2/h11-12H,5-10H2,1-4H3/q+1. The molecule has 0 aliphatic carbocycles. The number of aliphatic imine (C=N–C) groups is 1. The molecule has 132 valence electrons. The quantitative estimate of drug-likeness (QED) is 0.683. The van der Waals surface area contributed by atoms with Crippen LogP contribution in [0.1, 0.15) is 19.8 Å². The average molecular weight is 336 g/mol. The molecular weight excluding hydrogens is 310 g/mol. The lowest BCUT2D eigenvalue weighted by molar-refractivity contribution is -0.550. The summed E-state index contributed by atoms with van der Waals surface area (Å²) < 4.78 is 7.46. The third-order valence-corrected chi connectivity index (χ3v) is 4.99. The maximum absolute atomic E-state index is 12.7. The third-order valence-electron chi connectivity index (χ3n) is 4.99. The first-order valence-electron chi connectivity index (χ1n) is 8.47. The number of hydrogen-bond donors (Lipinski definition) is 0. The van der Waals surface area contributed by atoms with Gasteiger partial charge in [-0.15, -0.1) is 0 Å². The molecule has 2 unspecified atom stereocenters. The molecular formula is C16H26N5O3+. The van der Waals surface area contributed by atoms with Crippen molar-refractivity contribution >= 4 is 23.7 Å². The van der Waals surface area contributed by atoms with Gasteiger partial charge in [-0.25, -0.2) is 9.69 Å². The molecule has 3 rings (SSSR count). The molecule has 0 saturated carbocycles. The Morgan fingerprint density at radius 2 is 2.04 bits per heavy atom. The fourth-order valence-corrected chi connectivity index (χ4v) is 3.63. The van der Waals surface area contributed by atoms with E-state index >= 15 is 0 Å². The lowest BCUT2D eigenvalue weighted by Crippen LogP contribution is -2.63. The van der Waals surface area contributed by atoms with Gasteiger partial charge < -0.3 is 4.74 Å². The van der Waals surface area contributed by atoms with Gasteiger partial charge in [0.25, 0.3) is 5.91 Å². The molecule has 3 heterocycles. The minimum absolute atomic E-state index is 0.229. The van der Waals surface area contributed by atoms with Crippen molar-refractivity contribution in [1.82, 2.24) is 14.7 Å². The third kappa shape index (κ3) is 2.68. The van der Waals surface area contributed by atoms with E-state index in [9.17, 15) is 9.59 Å². The molecule has 0 spiro atoms. The molecule has 3 aliphatic heterocycles. The maximum Gasteiger partial charge on any atom is 0.392 e. The number of amides is 3. The lowest BCUT2D eigenvalue weighted by atomic mass is 10.0. The normalized spacial score (nSPS) is 30.8. The van der Waals surface area contributed by atoms with Crippen LogP contribution < -0.4 is 0 Å². The summed E-state index contributed by atoms with van der Waals surface area (Å²) >= 11 is 0. The number of urea groups is 1. The van der Waals surface area contributed by atoms with Gasteiger partial charge in [-0.2, -0.15) is 0 Å². The second kappa shape index (κ2) is 6.51. The van der Waals surface area contributed by atoms with Gasteiger partial charge in [0.2, 0.25) is 11.9 Å². The van der Waals surface area contributed by atoms with Crippen molar-refractivity contribution < 1.29 is 18.9 Å². The number of likely N-dealkylation sites (N-methyl/N-ethyl adjacent to an activating group) is 2. The zero-order chi connectivity index (χ0) is 17.4. The van der Waals surface area contributed by atoms with E-state index in [1.165, 1.54) is 23.3 Å². The highest BCUT2D eigenvalue weighted by Gasteiger charge is 2.55. The van der Waals surface area contributed by atoms with Crippen LogP contribution in [0.2, 0.25) is 0 Å². The second-order valence-electron chi connectivity index (χ2n) is 6.79. The minimum Gasteiger partial charge on any atom is -0.381 e. The van der Waals surface area contributed by atoms with E-state index in [0.29, 0.717) is 24.9 Å². The summed E-state index contributed by atoms with van der Waals surface area (Å²) in [7, 11) is 4.84. The summed E-state index contributed by atoms with van der Waals surface area (Å²) in [6.45, 7) is 5.14. The van der Waals surface area contributed by atoms with Crippen LogP contribution in [0.15, 0.2) is 4.99 Å². The molecule has 24 heavy (non-hydrogen) atoms. The van der Waals surface area contributed by atoms with Crippen LogP contribution in [0.25, 0.3) is 0 Å². The number of hydrogen-bond acceptors (Lipinski definition) is 3. The number of carbonyl (C=O) groups excluding carboxylic acids is 2. The number of ether oxygens (including phenoxy) is 1. The Kier molecular flexibility index (Phi) is 4.58. The fraction of sp³-hybridized carbons (Fsp3) is 0.750. The molecule has 2 atom stereocenters. The van der Waals surface area contributed by atoms with E-state index in [-0.39, 0.29) is 11.9 Å². The summed E-state index contributed by atoms with van der Waals surface area (Å²) in [5.74, 6) is 1.68. The van der Waals surface area contributed by atoms with Crippen molar-refractivity contribution in [1.29, 1.82) is 0 Å². The van der Waals surface area contributed by atoms with Gasteiger partial charge >= 0.3 is 12.0 Å². The number of methoxy groups -OCH3 is 1. The van der Waals surface area contributed by atoms with Crippen molar-refractivity contribution in [2.75, 3.05) is 47.4 Å². The van der Waals surface area contributed by atoms with Gasteiger partial charge in [0, 0.05) is 21.2 Å². The minimum atomic E-state index is -0.542. The van der Waals surface area contributed by atoms with E-state index in [2.05, 4.69) is 11.5 Å². The Bertz CT molecular complexity index is 615. The molecule has 0 aromatic heterocycles. The molecule has 8 heteroatoms. The lowest BCUT2D eigenvalue weighted by Gasteiger charge is -2.33. The summed E-state index contributed by atoms with van der Waals surface area (Å²) in [5.41, 5.74) is 0. The number of carbonyl (C=O) groups is 2. The van der Waals surface area contributed by atoms with Crippen LogP contribution in [-0.2, 0) is 9.53 Å². The Morgan fingerprint density at radius 1 is 1.29 bits per heavy atom. The number of nitrogens with zero attached hydrogens (tertiary/aromatic N) is 5. The van der Waals surface area contributed by atoms with Gasteiger partial charge in [0.1, 0.15) is 0 Å². The van der Waals surface area contributed by atoms with Crippen LogP contribution in [0, 0.1) is 5.92 Å². The number of imide groups is 1. The first kappa shape index (κ1) is 16.9. The highest BCUT2D eigenvalue weighted by Crippen LogP contribution is 2.24. The van der Waals surface area contributed by atoms with Crippen molar-refractivity contribution in [3.8, 4) is 0 Å². The Morgan fingerprint density at radius 3 is 2.71 bits per heavy atom. The number of rotatable bonds is 3. The highest BCUT2D eigenvalue weighted by molar-refractivity contribution is 6.25. The topological polar surface area (TPSA) is 68.5 Å². The molecule has 8 nitrogen and oxygen atoms in total. The smallest absolute Gasteiger partial charge is 0.381 e. The van der Waals surface area contributed by atoms with Gasteiger partial charge in [-0.1, -0.05) is 11.9 Å². The average Bonchev–Trinajstić information content (AvgIpc) is 2.95. The highest BCUT2D eigenvalue weighted by atomic mass is 16.5. The fourth-order valence-electron chi connectivity index (χ4n) is 3.63. The molecule has 2 saturated heterocycles. The summed E-state index contributed by atoms with van der Waals surface area (Å²) in [5, 5.41) is 0. The van der Waals surface area contributed by atoms with Crippen LogP contribution in [0.4, 0.5) is 4.79 Å². The van der Waals surface area contributed by atoms with E-state index in [1.54, 1.807) is 14.2 Å². The maximum atomic E-state index is 12.7. The van der Waals surface area contributed by atoms with Crippen LogP contribution in [0.5, 0.6) is 0 Å². The van der Waals surface area contributed by atoms with E-state index in [0.717, 1.165) is 25.5 Å². The van der Waals surface area contributed by atoms with Gasteiger partial charge in [0.05, 0.1) is 26.2 Å². The van der Waals surface area contributed by atoms with Crippen molar-refractivity contribution in [3.05, 3.63) is 0 Å². The SMILES string of the molecule is COCCN1C(=[N+]2CCCC(C)C2)N=C2C1C(=O)N(C)C(=O)N2C. The number of piperidine rings is 1. The summed E-state index contributed by atoms with van der Waals surface area (Å²) in [4.78, 5) is 34.3. The molecule has 2 fully saturated rings. The molecule has 0 aromatic rings. The predicted molar refractivity (Wildman–Crippen MR) is 89.1 cm³/mol. The van der Waals surface area contributed by atoms with Gasteiger partial charge in [0.15, 0.2) is 0 Å². The van der Waals surface area contributed by atoms with Crippen LogP contribution in [0.3, 0.4) is 0 Å². The molecule has 3 amide bonds. The molecule has 0 aromatic carbocycles. The van der Waals surface area contributed by atoms with Crippen molar-refractivity contribution in [3.63, 3.8) is 0 Å². The number of guanidine groups is 1. The van der Waals surface area contributed by atoms with Crippen molar-refractivity contribution in [2.24, 2.45) is 10.9 Å².